The van der Waals surface area contributed by atoms with Gasteiger partial charge < -0.3 is 14.5 Å². The van der Waals surface area contributed by atoms with Gasteiger partial charge >= 0.3 is 0 Å². The Balaban J connectivity index is 1.96. The highest BCUT2D eigenvalue weighted by atomic mass is 32.2. The summed E-state index contributed by atoms with van der Waals surface area (Å²) in [6, 6.07) is 9.27. The Morgan fingerprint density at radius 3 is 2.81 bits per heavy atom. The monoisotopic (exact) mass is 367 g/mol. The van der Waals surface area contributed by atoms with Crippen molar-refractivity contribution in [2.75, 3.05) is 18.2 Å². The van der Waals surface area contributed by atoms with Gasteiger partial charge in [0, 0.05) is 5.56 Å². The molecular formula is C19H17N3O3S. The molecule has 26 heavy (non-hydrogen) atoms. The van der Waals surface area contributed by atoms with E-state index in [0.717, 1.165) is 39.6 Å². The highest BCUT2D eigenvalue weighted by Gasteiger charge is 2.14. The lowest BCUT2D eigenvalue weighted by atomic mass is 10.1. The maximum atomic E-state index is 11.9. The number of oxazole rings is 1. The molecule has 0 fully saturated rings. The van der Waals surface area contributed by atoms with Crippen molar-refractivity contribution in [3.8, 4) is 22.6 Å². The average Bonchev–Trinajstić information content (AvgIpc) is 3.03. The summed E-state index contributed by atoms with van der Waals surface area (Å²) in [6.07, 6.45) is 0. The Hall–Kier alpha value is -2.98. The van der Waals surface area contributed by atoms with Gasteiger partial charge in [-0.3, -0.25) is 4.79 Å². The zero-order chi connectivity index (χ0) is 18.7. The molecule has 132 valence electrons. The van der Waals surface area contributed by atoms with Gasteiger partial charge in [0.2, 0.25) is 11.8 Å². The summed E-state index contributed by atoms with van der Waals surface area (Å²) in [4.78, 5) is 16.5. The maximum absolute atomic E-state index is 11.9. The number of carbonyl (C=O) groups excluding carboxylic acids is 1. The second-order valence-corrected chi connectivity index (χ2v) is 6.53. The fourth-order valence-electron chi connectivity index (χ4n) is 2.53. The number of ether oxygens (including phenoxy) is 1. The molecule has 0 spiro atoms. The van der Waals surface area contributed by atoms with Crippen molar-refractivity contribution < 1.29 is 13.9 Å². The molecule has 0 radical (unpaired) electrons. The van der Waals surface area contributed by atoms with Crippen LogP contribution in [0.1, 0.15) is 11.1 Å². The summed E-state index contributed by atoms with van der Waals surface area (Å²) in [5, 5.41) is 13.2. The standard InChI is InChI=1S/C19H17N3O3S/c1-11-6-14-17(7-12(11)2)25-19(22-14)13-4-5-16(24-3)15(8-13)21-18(23)9-26-10-20/h4-8H,9H2,1-3H3,(H,21,23). The molecule has 2 aromatic carbocycles. The Morgan fingerprint density at radius 2 is 2.08 bits per heavy atom. The van der Waals surface area contributed by atoms with E-state index in [1.807, 2.05) is 37.4 Å². The molecule has 1 N–H and O–H groups in total. The smallest absolute Gasteiger partial charge is 0.235 e. The van der Waals surface area contributed by atoms with Crippen molar-refractivity contribution in [1.29, 1.82) is 5.26 Å². The van der Waals surface area contributed by atoms with E-state index in [4.69, 9.17) is 14.4 Å². The number of nitriles is 1. The number of anilines is 1. The molecule has 1 amide bonds. The molecule has 1 aromatic heterocycles. The van der Waals surface area contributed by atoms with Crippen LogP contribution in [0.2, 0.25) is 0 Å². The van der Waals surface area contributed by atoms with Gasteiger partial charge in [0.15, 0.2) is 5.58 Å². The SMILES string of the molecule is COc1ccc(-c2nc3cc(C)c(C)cc3o2)cc1NC(=O)CSC#N. The predicted octanol–water partition coefficient (Wildman–Crippen LogP) is 4.27. The normalized spacial score (nSPS) is 10.5. The zero-order valence-corrected chi connectivity index (χ0v) is 15.4. The lowest BCUT2D eigenvalue weighted by molar-refractivity contribution is -0.113. The molecule has 7 heteroatoms. The molecule has 6 nitrogen and oxygen atoms in total. The second-order valence-electron chi connectivity index (χ2n) is 5.77. The quantitative estimate of drug-likeness (QED) is 0.678. The Labute approximate surface area is 155 Å². The van der Waals surface area contributed by atoms with Crippen molar-refractivity contribution in [3.63, 3.8) is 0 Å². The number of aromatic nitrogens is 1. The number of thiocyanates is 1. The highest BCUT2D eigenvalue weighted by molar-refractivity contribution is 8.04. The summed E-state index contributed by atoms with van der Waals surface area (Å²) in [5.41, 5.74) is 5.02. The summed E-state index contributed by atoms with van der Waals surface area (Å²) in [6.45, 7) is 4.06. The number of methoxy groups -OCH3 is 1. The van der Waals surface area contributed by atoms with E-state index in [2.05, 4.69) is 10.3 Å². The summed E-state index contributed by atoms with van der Waals surface area (Å²) in [7, 11) is 1.53. The number of fused-ring (bicyclic) bond motifs is 1. The van der Waals surface area contributed by atoms with Gasteiger partial charge in [0.25, 0.3) is 0 Å². The molecule has 3 aromatic rings. The van der Waals surface area contributed by atoms with Crippen LogP contribution in [0, 0.1) is 24.5 Å². The van der Waals surface area contributed by atoms with Crippen LogP contribution < -0.4 is 10.1 Å². The summed E-state index contributed by atoms with van der Waals surface area (Å²) in [5.74, 6) is 0.753. The molecule has 0 saturated carbocycles. The predicted molar refractivity (Wildman–Crippen MR) is 102 cm³/mol. The lowest BCUT2D eigenvalue weighted by Crippen LogP contribution is -2.14. The Morgan fingerprint density at radius 1 is 1.31 bits per heavy atom. The van der Waals surface area contributed by atoms with Crippen molar-refractivity contribution in [2.45, 2.75) is 13.8 Å². The minimum absolute atomic E-state index is 0.0469. The van der Waals surface area contributed by atoms with Gasteiger partial charge in [-0.2, -0.15) is 5.26 Å². The fraction of sp³-hybridized carbons (Fsp3) is 0.211. The van der Waals surface area contributed by atoms with Gasteiger partial charge in [0.05, 0.1) is 18.6 Å². The number of aryl methyl sites for hydroxylation is 2. The van der Waals surface area contributed by atoms with Crippen LogP contribution >= 0.6 is 11.8 Å². The summed E-state index contributed by atoms with van der Waals surface area (Å²) < 4.78 is 11.2. The van der Waals surface area contributed by atoms with E-state index < -0.39 is 0 Å². The molecule has 0 unspecified atom stereocenters. The number of nitrogens with one attached hydrogen (secondary N) is 1. The molecule has 0 bridgehead atoms. The minimum atomic E-state index is -0.282. The first-order chi connectivity index (χ1) is 12.5. The molecule has 0 saturated heterocycles. The highest BCUT2D eigenvalue weighted by Crippen LogP contribution is 2.32. The first-order valence-electron chi connectivity index (χ1n) is 7.88. The third kappa shape index (κ3) is 3.65. The van der Waals surface area contributed by atoms with E-state index in [0.29, 0.717) is 17.3 Å². The number of amides is 1. The molecule has 0 atom stereocenters. The first kappa shape index (κ1) is 17.8. The van der Waals surface area contributed by atoms with Crippen LogP contribution in [0.15, 0.2) is 34.7 Å². The van der Waals surface area contributed by atoms with Gasteiger partial charge in [-0.25, -0.2) is 4.98 Å². The molecule has 0 aliphatic heterocycles. The second kappa shape index (κ2) is 7.50. The fourth-order valence-corrected chi connectivity index (χ4v) is 2.79. The van der Waals surface area contributed by atoms with E-state index in [1.54, 1.807) is 12.1 Å². The van der Waals surface area contributed by atoms with Crippen molar-refractivity contribution in [3.05, 3.63) is 41.5 Å². The van der Waals surface area contributed by atoms with E-state index >= 15 is 0 Å². The van der Waals surface area contributed by atoms with Crippen molar-refractivity contribution >= 4 is 34.5 Å². The Kier molecular flexibility index (Phi) is 5.14. The van der Waals surface area contributed by atoms with E-state index in [9.17, 15) is 4.79 Å². The molecule has 0 aliphatic carbocycles. The van der Waals surface area contributed by atoms with Crippen LogP contribution in [0.25, 0.3) is 22.6 Å². The topological polar surface area (TPSA) is 88.2 Å². The average molecular weight is 367 g/mol. The Bertz CT molecular complexity index is 982. The molecule has 1 heterocycles. The third-order valence-corrected chi connectivity index (χ3v) is 4.53. The molecule has 0 aliphatic rings. The van der Waals surface area contributed by atoms with Crippen molar-refractivity contribution in [1.82, 2.24) is 4.98 Å². The van der Waals surface area contributed by atoms with Crippen molar-refractivity contribution in [2.24, 2.45) is 0 Å². The largest absolute Gasteiger partial charge is 0.495 e. The van der Waals surface area contributed by atoms with Crippen LogP contribution in [0.4, 0.5) is 5.69 Å². The van der Waals surface area contributed by atoms with E-state index in [-0.39, 0.29) is 11.7 Å². The van der Waals surface area contributed by atoms with Gasteiger partial charge in [-0.05, 0) is 67.1 Å². The molecule has 3 rings (SSSR count). The molecular weight excluding hydrogens is 350 g/mol. The third-order valence-electron chi connectivity index (χ3n) is 3.99. The number of nitrogens with zero attached hydrogens (tertiary/aromatic N) is 2. The number of carbonyl (C=O) groups is 1. The number of thioether (sulfide) groups is 1. The maximum Gasteiger partial charge on any atom is 0.235 e. The number of hydrogen-bond acceptors (Lipinski definition) is 6. The number of benzene rings is 2. The number of rotatable bonds is 5. The van der Waals surface area contributed by atoms with Gasteiger partial charge in [-0.15, -0.1) is 0 Å². The number of hydrogen-bond donors (Lipinski definition) is 1. The van der Waals surface area contributed by atoms with Gasteiger partial charge in [0.1, 0.15) is 16.7 Å². The van der Waals surface area contributed by atoms with Gasteiger partial charge in [-0.1, -0.05) is 0 Å². The van der Waals surface area contributed by atoms with Crippen LogP contribution in [0.3, 0.4) is 0 Å². The van der Waals surface area contributed by atoms with Crippen LogP contribution in [-0.2, 0) is 4.79 Å². The van der Waals surface area contributed by atoms with Crippen LogP contribution in [-0.4, -0.2) is 23.8 Å². The zero-order valence-electron chi connectivity index (χ0n) is 14.6. The van der Waals surface area contributed by atoms with E-state index in [1.165, 1.54) is 7.11 Å². The minimum Gasteiger partial charge on any atom is -0.495 e. The summed E-state index contributed by atoms with van der Waals surface area (Å²) >= 11 is 0.877. The lowest BCUT2D eigenvalue weighted by Gasteiger charge is -2.10. The van der Waals surface area contributed by atoms with Crippen LogP contribution in [0.5, 0.6) is 5.75 Å². The first-order valence-corrected chi connectivity index (χ1v) is 8.87.